The van der Waals surface area contributed by atoms with Gasteiger partial charge in [0.1, 0.15) is 0 Å². The molecule has 3 nitrogen and oxygen atoms in total. The Kier molecular flexibility index (Phi) is 5.81. The van der Waals surface area contributed by atoms with Crippen molar-refractivity contribution in [2.24, 2.45) is 23.5 Å². The first-order valence-electron chi connectivity index (χ1n) is 6.53. The third-order valence-corrected chi connectivity index (χ3v) is 3.82. The van der Waals surface area contributed by atoms with Crippen LogP contribution >= 0.6 is 0 Å². The van der Waals surface area contributed by atoms with Gasteiger partial charge in [-0.1, -0.05) is 39.0 Å². The zero-order chi connectivity index (χ0) is 12.0. The van der Waals surface area contributed by atoms with E-state index in [1.807, 2.05) is 0 Å². The summed E-state index contributed by atoms with van der Waals surface area (Å²) in [6.07, 6.45) is 7.97. The highest BCUT2D eigenvalue weighted by Gasteiger charge is 2.20. The van der Waals surface area contributed by atoms with Gasteiger partial charge in [0, 0.05) is 6.42 Å². The average Bonchev–Trinajstić information content (AvgIpc) is 2.13. The summed E-state index contributed by atoms with van der Waals surface area (Å²) in [4.78, 5) is 10.6. The summed E-state index contributed by atoms with van der Waals surface area (Å²) in [5.74, 6) is 1.02. The zero-order valence-corrected chi connectivity index (χ0v) is 10.3. The third-order valence-electron chi connectivity index (χ3n) is 3.82. The summed E-state index contributed by atoms with van der Waals surface area (Å²) in [7, 11) is 0. The fourth-order valence-electron chi connectivity index (χ4n) is 2.50. The third kappa shape index (κ3) is 4.97. The van der Waals surface area contributed by atoms with Crippen LogP contribution in [0.15, 0.2) is 0 Å². The molecule has 0 saturated heterocycles. The maximum Gasteiger partial charge on any atom is 0.303 e. The van der Waals surface area contributed by atoms with Crippen molar-refractivity contribution in [3.63, 3.8) is 0 Å². The van der Waals surface area contributed by atoms with Crippen molar-refractivity contribution < 1.29 is 9.90 Å². The monoisotopic (exact) mass is 227 g/mol. The second-order valence-corrected chi connectivity index (χ2v) is 5.41. The smallest absolute Gasteiger partial charge is 0.303 e. The Balaban J connectivity index is 2.13. The van der Waals surface area contributed by atoms with E-state index >= 15 is 0 Å². The van der Waals surface area contributed by atoms with Gasteiger partial charge < -0.3 is 10.8 Å². The molecule has 0 aromatic heterocycles. The van der Waals surface area contributed by atoms with Crippen LogP contribution in [-0.2, 0) is 4.79 Å². The number of carboxylic acids is 1. The van der Waals surface area contributed by atoms with Gasteiger partial charge in [-0.2, -0.15) is 0 Å². The molecule has 0 unspecified atom stereocenters. The zero-order valence-electron chi connectivity index (χ0n) is 10.3. The Bertz CT molecular complexity index is 214. The Morgan fingerprint density at radius 2 is 2.19 bits per heavy atom. The Morgan fingerprint density at radius 3 is 2.62 bits per heavy atom. The lowest BCUT2D eigenvalue weighted by Gasteiger charge is -2.27. The summed E-state index contributed by atoms with van der Waals surface area (Å²) >= 11 is 0. The summed E-state index contributed by atoms with van der Waals surface area (Å²) in [5.41, 5.74) is 5.60. The molecule has 0 aromatic rings. The van der Waals surface area contributed by atoms with Crippen molar-refractivity contribution >= 4 is 5.97 Å². The highest BCUT2D eigenvalue weighted by atomic mass is 16.4. The molecule has 1 saturated carbocycles. The minimum absolute atomic E-state index is 0.161. The summed E-state index contributed by atoms with van der Waals surface area (Å²) in [6, 6.07) is 0. The molecule has 0 bridgehead atoms. The van der Waals surface area contributed by atoms with E-state index in [1.54, 1.807) is 0 Å². The predicted octanol–water partition coefficient (Wildman–Crippen LogP) is 2.64. The van der Waals surface area contributed by atoms with Crippen molar-refractivity contribution in [3.05, 3.63) is 0 Å². The molecule has 1 aliphatic carbocycles. The van der Waals surface area contributed by atoms with Gasteiger partial charge in [-0.15, -0.1) is 0 Å². The maximum absolute atomic E-state index is 10.6. The van der Waals surface area contributed by atoms with E-state index in [2.05, 4.69) is 6.92 Å². The SMILES string of the molecule is C[C@H](CCC1CCC1)C[C@H](CN)CC(=O)O. The van der Waals surface area contributed by atoms with E-state index in [4.69, 9.17) is 10.8 Å². The highest BCUT2D eigenvalue weighted by Crippen LogP contribution is 2.32. The second kappa shape index (κ2) is 6.89. The molecule has 0 aliphatic heterocycles. The van der Waals surface area contributed by atoms with Crippen LogP contribution in [0, 0.1) is 17.8 Å². The number of hydrogen-bond acceptors (Lipinski definition) is 2. The fourth-order valence-corrected chi connectivity index (χ4v) is 2.50. The van der Waals surface area contributed by atoms with Crippen molar-refractivity contribution in [1.82, 2.24) is 0 Å². The molecule has 16 heavy (non-hydrogen) atoms. The molecule has 0 amide bonds. The van der Waals surface area contributed by atoms with Crippen molar-refractivity contribution in [2.45, 2.75) is 51.9 Å². The quantitative estimate of drug-likeness (QED) is 0.670. The summed E-state index contributed by atoms with van der Waals surface area (Å²) < 4.78 is 0. The van der Waals surface area contributed by atoms with Crippen LogP contribution in [0.2, 0.25) is 0 Å². The van der Waals surface area contributed by atoms with E-state index in [9.17, 15) is 4.79 Å². The van der Waals surface area contributed by atoms with Crippen molar-refractivity contribution in [2.75, 3.05) is 6.54 Å². The van der Waals surface area contributed by atoms with Crippen LogP contribution in [0.4, 0.5) is 0 Å². The van der Waals surface area contributed by atoms with Crippen LogP contribution in [0.25, 0.3) is 0 Å². The van der Waals surface area contributed by atoms with Gasteiger partial charge in [0.05, 0.1) is 0 Å². The van der Waals surface area contributed by atoms with Crippen LogP contribution in [0.5, 0.6) is 0 Å². The standard InChI is InChI=1S/C13H25NO2/c1-10(5-6-11-3-2-4-11)7-12(9-14)8-13(15)16/h10-12H,2-9,14H2,1H3,(H,15,16)/t10-,12+/m1/s1. The molecule has 1 rings (SSSR count). The summed E-state index contributed by atoms with van der Waals surface area (Å²) in [5, 5.41) is 8.74. The van der Waals surface area contributed by atoms with Crippen LogP contribution < -0.4 is 5.73 Å². The number of rotatable bonds is 8. The van der Waals surface area contributed by atoms with E-state index in [0.29, 0.717) is 12.5 Å². The van der Waals surface area contributed by atoms with Gasteiger partial charge in [0.15, 0.2) is 0 Å². The van der Waals surface area contributed by atoms with Gasteiger partial charge in [0.25, 0.3) is 0 Å². The predicted molar refractivity (Wildman–Crippen MR) is 65.2 cm³/mol. The molecule has 0 aromatic carbocycles. The van der Waals surface area contributed by atoms with E-state index in [0.717, 1.165) is 12.3 Å². The molecular weight excluding hydrogens is 202 g/mol. The number of nitrogens with two attached hydrogens (primary N) is 1. The topological polar surface area (TPSA) is 63.3 Å². The molecule has 94 valence electrons. The van der Waals surface area contributed by atoms with E-state index in [-0.39, 0.29) is 12.3 Å². The maximum atomic E-state index is 10.6. The largest absolute Gasteiger partial charge is 0.481 e. The lowest BCUT2D eigenvalue weighted by atomic mass is 9.79. The Hall–Kier alpha value is -0.570. The first-order valence-corrected chi connectivity index (χ1v) is 6.53. The highest BCUT2D eigenvalue weighted by molar-refractivity contribution is 5.67. The van der Waals surface area contributed by atoms with Gasteiger partial charge in [0.2, 0.25) is 0 Å². The number of hydrogen-bond donors (Lipinski definition) is 2. The molecular formula is C13H25NO2. The lowest BCUT2D eigenvalue weighted by molar-refractivity contribution is -0.138. The first kappa shape index (κ1) is 13.5. The molecule has 0 heterocycles. The molecule has 1 aliphatic rings. The van der Waals surface area contributed by atoms with Crippen LogP contribution in [0.3, 0.4) is 0 Å². The van der Waals surface area contributed by atoms with E-state index in [1.165, 1.54) is 32.1 Å². The Labute approximate surface area is 98.4 Å². The normalized spacial score (nSPS) is 20.1. The minimum Gasteiger partial charge on any atom is -0.481 e. The molecule has 3 heteroatoms. The molecule has 1 fully saturated rings. The van der Waals surface area contributed by atoms with E-state index < -0.39 is 5.97 Å². The molecule has 2 atom stereocenters. The van der Waals surface area contributed by atoms with Gasteiger partial charge in [-0.3, -0.25) is 4.79 Å². The average molecular weight is 227 g/mol. The van der Waals surface area contributed by atoms with Crippen molar-refractivity contribution in [1.29, 1.82) is 0 Å². The van der Waals surface area contributed by atoms with Gasteiger partial charge in [-0.25, -0.2) is 0 Å². The molecule has 3 N–H and O–H groups in total. The Morgan fingerprint density at radius 1 is 1.50 bits per heavy atom. The number of carbonyl (C=O) groups is 1. The molecule has 0 spiro atoms. The first-order chi connectivity index (χ1) is 7.61. The lowest BCUT2D eigenvalue weighted by Crippen LogP contribution is -2.21. The van der Waals surface area contributed by atoms with Gasteiger partial charge in [-0.05, 0) is 30.7 Å². The number of aliphatic carboxylic acids is 1. The summed E-state index contributed by atoms with van der Waals surface area (Å²) in [6.45, 7) is 2.73. The number of carboxylic acid groups (broad SMARTS) is 1. The molecule has 0 radical (unpaired) electrons. The van der Waals surface area contributed by atoms with Crippen LogP contribution in [0.1, 0.15) is 51.9 Å². The van der Waals surface area contributed by atoms with Gasteiger partial charge >= 0.3 is 5.97 Å². The second-order valence-electron chi connectivity index (χ2n) is 5.41. The fraction of sp³-hybridized carbons (Fsp3) is 0.923. The van der Waals surface area contributed by atoms with Crippen molar-refractivity contribution in [3.8, 4) is 0 Å². The minimum atomic E-state index is -0.721. The van der Waals surface area contributed by atoms with Crippen LogP contribution in [-0.4, -0.2) is 17.6 Å².